The minimum Gasteiger partial charge on any atom is -0.439 e. The summed E-state index contributed by atoms with van der Waals surface area (Å²) in [5.41, 5.74) is -2.95. The zero-order valence-corrected chi connectivity index (χ0v) is 18.0. The minimum absolute atomic E-state index is 0.0784. The average Bonchev–Trinajstić information content (AvgIpc) is 3.17. The number of benzene rings is 1. The van der Waals surface area contributed by atoms with E-state index >= 15 is 0 Å². The number of carbonyl (C=O) groups excluding carboxylic acids is 2. The molecule has 2 N–H and O–H groups in total. The molecule has 14 heteroatoms. The van der Waals surface area contributed by atoms with Crippen molar-refractivity contribution >= 4 is 23.0 Å². The molecule has 0 bridgehead atoms. The Kier molecular flexibility index (Phi) is 6.47. The summed E-state index contributed by atoms with van der Waals surface area (Å²) in [7, 11) is 0. The number of aromatic nitrogens is 2. The van der Waals surface area contributed by atoms with Gasteiger partial charge < -0.3 is 15.2 Å². The molecule has 1 aliphatic rings. The van der Waals surface area contributed by atoms with Crippen molar-refractivity contribution in [1.29, 1.82) is 0 Å². The molecule has 0 saturated carbocycles. The third kappa shape index (κ3) is 4.89. The van der Waals surface area contributed by atoms with Crippen molar-refractivity contribution in [1.82, 2.24) is 20.2 Å². The monoisotopic (exact) mass is 514 g/mol. The number of pyridine rings is 2. The molecule has 0 radical (unpaired) electrons. The lowest BCUT2D eigenvalue weighted by Gasteiger charge is -2.23. The number of ether oxygens (including phenoxy) is 1. The number of hydrogen-bond acceptors (Lipinski definition) is 6. The highest BCUT2D eigenvalue weighted by molar-refractivity contribution is 5.93. The summed E-state index contributed by atoms with van der Waals surface area (Å²) in [5, 5.41) is 12.9. The molecular weight excluding hydrogens is 498 g/mol. The van der Waals surface area contributed by atoms with E-state index in [1.54, 1.807) is 18.3 Å². The first-order valence-electron chi connectivity index (χ1n) is 10.3. The van der Waals surface area contributed by atoms with Gasteiger partial charge in [-0.25, -0.2) is 14.5 Å². The number of halogens is 6. The summed E-state index contributed by atoms with van der Waals surface area (Å²) in [4.78, 5) is 33.8. The Labute approximate surface area is 198 Å². The highest BCUT2D eigenvalue weighted by Gasteiger charge is 2.47. The fourth-order valence-electron chi connectivity index (χ4n) is 3.80. The van der Waals surface area contributed by atoms with Crippen molar-refractivity contribution in [3.8, 4) is 0 Å². The lowest BCUT2D eigenvalue weighted by Crippen LogP contribution is -2.47. The molecule has 0 unspecified atom stereocenters. The number of fused-ring (bicyclic) bond motifs is 1. The first-order chi connectivity index (χ1) is 16.9. The zero-order chi connectivity index (χ0) is 26.3. The number of urea groups is 1. The fourth-order valence-corrected chi connectivity index (χ4v) is 3.80. The van der Waals surface area contributed by atoms with E-state index < -0.39 is 59.9 Å². The molecule has 3 amide bonds. The lowest BCUT2D eigenvalue weighted by molar-refractivity contribution is -0.143. The smallest absolute Gasteiger partial charge is 0.419 e. The molecule has 2 atom stereocenters. The van der Waals surface area contributed by atoms with Gasteiger partial charge in [-0.1, -0.05) is 0 Å². The fraction of sp³-hybridized carbons (Fsp3) is 0.273. The van der Waals surface area contributed by atoms with Crippen LogP contribution >= 0.6 is 0 Å². The van der Waals surface area contributed by atoms with Crippen molar-refractivity contribution < 1.29 is 45.8 Å². The van der Waals surface area contributed by atoms with Crippen LogP contribution in [0.1, 0.15) is 28.4 Å². The molecule has 1 saturated heterocycles. The number of cyclic esters (lactones) is 1. The molecule has 1 fully saturated rings. The van der Waals surface area contributed by atoms with Crippen LogP contribution in [0.2, 0.25) is 0 Å². The molecule has 0 spiro atoms. The lowest BCUT2D eigenvalue weighted by atomic mass is 9.97. The number of aliphatic hydroxyl groups is 1. The summed E-state index contributed by atoms with van der Waals surface area (Å²) in [6, 6.07) is 1.41. The predicted octanol–water partition coefficient (Wildman–Crippen LogP) is 4.43. The molecular formula is C22H16F6N4O4. The summed E-state index contributed by atoms with van der Waals surface area (Å²) in [6.07, 6.45) is -8.92. The maximum atomic E-state index is 13.2. The SMILES string of the molecule is O=C(NCc1cncc2cccnc12)N1C(=O)O[C@H](c2cc(C(F)(F)F)cc(C(F)(F)F)c2)[C@@H]1CO. The van der Waals surface area contributed by atoms with Crippen LogP contribution in [0, 0.1) is 0 Å². The summed E-state index contributed by atoms with van der Waals surface area (Å²) in [6.45, 7) is -1.16. The van der Waals surface area contributed by atoms with E-state index in [0.717, 1.165) is 0 Å². The zero-order valence-electron chi connectivity index (χ0n) is 18.0. The molecule has 8 nitrogen and oxygen atoms in total. The second kappa shape index (κ2) is 9.26. The van der Waals surface area contributed by atoms with Gasteiger partial charge in [-0.05, 0) is 35.9 Å². The number of nitrogens with one attached hydrogen (secondary N) is 1. The van der Waals surface area contributed by atoms with E-state index in [1.165, 1.54) is 12.4 Å². The molecule has 3 aromatic rings. The number of alkyl halides is 6. The average molecular weight is 514 g/mol. The molecule has 0 aliphatic carbocycles. The molecule has 190 valence electrons. The molecule has 1 aromatic carbocycles. The van der Waals surface area contributed by atoms with Crippen LogP contribution in [-0.2, 0) is 23.6 Å². The normalized spacial score (nSPS) is 18.4. The Morgan fingerprint density at radius 1 is 1.08 bits per heavy atom. The molecule has 1 aliphatic heterocycles. The minimum atomic E-state index is -5.13. The van der Waals surface area contributed by atoms with Gasteiger partial charge in [0.1, 0.15) is 6.04 Å². The van der Waals surface area contributed by atoms with Crippen LogP contribution in [0.15, 0.2) is 48.9 Å². The first kappa shape index (κ1) is 25.2. The number of carbonyl (C=O) groups is 2. The van der Waals surface area contributed by atoms with Crippen LogP contribution in [0.4, 0.5) is 35.9 Å². The third-order valence-electron chi connectivity index (χ3n) is 5.47. The Bertz CT molecular complexity index is 1280. The van der Waals surface area contributed by atoms with Crippen LogP contribution in [0.3, 0.4) is 0 Å². The predicted molar refractivity (Wildman–Crippen MR) is 110 cm³/mol. The molecule has 36 heavy (non-hydrogen) atoms. The van der Waals surface area contributed by atoms with E-state index in [2.05, 4.69) is 15.3 Å². The highest BCUT2D eigenvalue weighted by atomic mass is 19.4. The van der Waals surface area contributed by atoms with Gasteiger partial charge in [0.05, 0.1) is 23.3 Å². The van der Waals surface area contributed by atoms with Gasteiger partial charge in [-0.2, -0.15) is 26.3 Å². The van der Waals surface area contributed by atoms with E-state index in [1.807, 2.05) is 0 Å². The van der Waals surface area contributed by atoms with Gasteiger partial charge in [0, 0.05) is 36.1 Å². The van der Waals surface area contributed by atoms with Crippen LogP contribution in [0.25, 0.3) is 10.9 Å². The van der Waals surface area contributed by atoms with Gasteiger partial charge in [0.2, 0.25) is 0 Å². The topological polar surface area (TPSA) is 105 Å². The maximum Gasteiger partial charge on any atom is 0.419 e. The number of imide groups is 1. The Balaban J connectivity index is 1.61. The van der Waals surface area contributed by atoms with Gasteiger partial charge in [-0.15, -0.1) is 0 Å². The standard InChI is InChI=1S/C22H16F6N4O4/c23-21(24,25)14-4-12(5-15(6-14)22(26,27)28)18-16(10-33)32(20(35)36-18)19(34)31-9-13-8-29-7-11-2-1-3-30-17(11)13/h1-8,16,18,33H,9-10H2,(H,31,34)/t16-,18+/m0/s1. The van der Waals surface area contributed by atoms with E-state index in [0.29, 0.717) is 33.5 Å². The second-order valence-corrected chi connectivity index (χ2v) is 7.80. The quantitative estimate of drug-likeness (QED) is 0.500. The van der Waals surface area contributed by atoms with E-state index in [-0.39, 0.29) is 12.6 Å². The van der Waals surface area contributed by atoms with E-state index in [4.69, 9.17) is 4.74 Å². The van der Waals surface area contributed by atoms with Crippen molar-refractivity contribution in [3.05, 3.63) is 71.2 Å². The van der Waals surface area contributed by atoms with Crippen molar-refractivity contribution in [3.63, 3.8) is 0 Å². The molecule has 2 aromatic heterocycles. The number of nitrogens with zero attached hydrogens (tertiary/aromatic N) is 3. The van der Waals surface area contributed by atoms with Crippen molar-refractivity contribution in [2.45, 2.75) is 31.0 Å². The van der Waals surface area contributed by atoms with Gasteiger partial charge in [-0.3, -0.25) is 9.97 Å². The second-order valence-electron chi connectivity index (χ2n) is 7.80. The molecule has 3 heterocycles. The largest absolute Gasteiger partial charge is 0.439 e. The Hall–Kier alpha value is -3.94. The molecule has 4 rings (SSSR count). The van der Waals surface area contributed by atoms with E-state index in [9.17, 15) is 41.0 Å². The summed E-state index contributed by atoms with van der Waals surface area (Å²) < 4.78 is 84.4. The highest BCUT2D eigenvalue weighted by Crippen LogP contribution is 2.40. The Morgan fingerprint density at radius 3 is 2.36 bits per heavy atom. The summed E-state index contributed by atoms with van der Waals surface area (Å²) >= 11 is 0. The van der Waals surface area contributed by atoms with Crippen molar-refractivity contribution in [2.24, 2.45) is 0 Å². The summed E-state index contributed by atoms with van der Waals surface area (Å²) in [5.74, 6) is 0. The number of amides is 3. The number of rotatable bonds is 4. The first-order valence-corrected chi connectivity index (χ1v) is 10.3. The van der Waals surface area contributed by atoms with Gasteiger partial charge >= 0.3 is 24.5 Å². The van der Waals surface area contributed by atoms with Gasteiger partial charge in [0.25, 0.3) is 0 Å². The van der Waals surface area contributed by atoms with Crippen LogP contribution in [-0.4, -0.2) is 44.7 Å². The van der Waals surface area contributed by atoms with Crippen LogP contribution < -0.4 is 5.32 Å². The third-order valence-corrected chi connectivity index (χ3v) is 5.47. The maximum absolute atomic E-state index is 13.2. The number of hydrogen-bond donors (Lipinski definition) is 2. The van der Waals surface area contributed by atoms with Gasteiger partial charge in [0.15, 0.2) is 6.10 Å². The Morgan fingerprint density at radius 2 is 1.75 bits per heavy atom. The van der Waals surface area contributed by atoms with Crippen molar-refractivity contribution in [2.75, 3.05) is 6.61 Å². The van der Waals surface area contributed by atoms with Crippen LogP contribution in [0.5, 0.6) is 0 Å². The number of aliphatic hydroxyl groups excluding tert-OH is 1.